The van der Waals surface area contributed by atoms with Crippen molar-refractivity contribution in [3.63, 3.8) is 0 Å². The van der Waals surface area contributed by atoms with Crippen LogP contribution in [0.5, 0.6) is 0 Å². The van der Waals surface area contributed by atoms with Crippen molar-refractivity contribution in [3.8, 4) is 0 Å². The van der Waals surface area contributed by atoms with Crippen LogP contribution in [0.1, 0.15) is 36.0 Å². The van der Waals surface area contributed by atoms with Gasteiger partial charge < -0.3 is 4.90 Å². The minimum Gasteiger partial charge on any atom is -0.341 e. The number of rotatable bonds is 5. The van der Waals surface area contributed by atoms with E-state index in [4.69, 9.17) is 0 Å². The Morgan fingerprint density at radius 2 is 1.67 bits per heavy atom. The van der Waals surface area contributed by atoms with E-state index in [1.165, 1.54) is 16.7 Å². The lowest BCUT2D eigenvalue weighted by atomic mass is 9.97. The van der Waals surface area contributed by atoms with E-state index in [-0.39, 0.29) is 11.8 Å². The van der Waals surface area contributed by atoms with Gasteiger partial charge in [-0.05, 0) is 29.5 Å². The van der Waals surface area contributed by atoms with E-state index in [9.17, 15) is 4.79 Å². The number of aryl methyl sites for hydroxylation is 1. The maximum atomic E-state index is 12.4. The number of amides is 1. The Morgan fingerprint density at radius 3 is 2.33 bits per heavy atom. The molecule has 2 nitrogen and oxygen atoms in total. The molecule has 0 radical (unpaired) electrons. The van der Waals surface area contributed by atoms with E-state index in [0.717, 1.165) is 0 Å². The first-order chi connectivity index (χ1) is 10.1. The highest BCUT2D eigenvalue weighted by Gasteiger charge is 2.15. The van der Waals surface area contributed by atoms with Crippen LogP contribution in [-0.2, 0) is 11.3 Å². The van der Waals surface area contributed by atoms with Gasteiger partial charge in [0, 0.05) is 20.0 Å². The van der Waals surface area contributed by atoms with Gasteiger partial charge in [-0.15, -0.1) is 0 Å². The second-order valence-corrected chi connectivity index (χ2v) is 5.69. The molecule has 2 heteroatoms. The maximum absolute atomic E-state index is 12.4. The van der Waals surface area contributed by atoms with Crippen LogP contribution in [0.4, 0.5) is 0 Å². The molecule has 1 atom stereocenters. The molecule has 2 aromatic rings. The van der Waals surface area contributed by atoms with E-state index in [1.807, 2.05) is 42.3 Å². The number of hydrogen-bond acceptors (Lipinski definition) is 1. The lowest BCUT2D eigenvalue weighted by molar-refractivity contribution is -0.130. The van der Waals surface area contributed by atoms with Gasteiger partial charge in [-0.25, -0.2) is 0 Å². The molecular formula is C19H23NO. The first kappa shape index (κ1) is 15.3. The molecule has 0 spiro atoms. The second kappa shape index (κ2) is 7.07. The van der Waals surface area contributed by atoms with Crippen molar-refractivity contribution >= 4 is 5.91 Å². The van der Waals surface area contributed by atoms with E-state index in [2.05, 4.69) is 38.1 Å². The summed E-state index contributed by atoms with van der Waals surface area (Å²) in [7, 11) is 1.88. The first-order valence-electron chi connectivity index (χ1n) is 7.41. The third-order valence-corrected chi connectivity index (χ3v) is 3.94. The van der Waals surface area contributed by atoms with Crippen LogP contribution in [0.2, 0.25) is 0 Å². The molecule has 2 rings (SSSR count). The van der Waals surface area contributed by atoms with E-state index >= 15 is 0 Å². The van der Waals surface area contributed by atoms with Gasteiger partial charge in [-0.2, -0.15) is 0 Å². The average Bonchev–Trinajstić information content (AvgIpc) is 2.50. The van der Waals surface area contributed by atoms with Crippen LogP contribution in [0.25, 0.3) is 0 Å². The molecule has 2 aromatic carbocycles. The molecule has 0 bridgehead atoms. The molecule has 0 saturated heterocycles. The third kappa shape index (κ3) is 4.19. The van der Waals surface area contributed by atoms with Gasteiger partial charge in [-0.3, -0.25) is 4.79 Å². The Hall–Kier alpha value is -2.09. The van der Waals surface area contributed by atoms with Crippen LogP contribution >= 0.6 is 0 Å². The van der Waals surface area contributed by atoms with Crippen LogP contribution < -0.4 is 0 Å². The highest BCUT2D eigenvalue weighted by Crippen LogP contribution is 2.20. The molecular weight excluding hydrogens is 258 g/mol. The number of carbonyl (C=O) groups is 1. The van der Waals surface area contributed by atoms with Crippen molar-refractivity contribution in [3.05, 3.63) is 71.3 Å². The fourth-order valence-corrected chi connectivity index (χ4v) is 2.45. The summed E-state index contributed by atoms with van der Waals surface area (Å²) in [6, 6.07) is 18.4. The molecule has 1 unspecified atom stereocenters. The first-order valence-corrected chi connectivity index (χ1v) is 7.41. The molecule has 0 aliphatic rings. The molecule has 0 N–H and O–H groups in total. The summed E-state index contributed by atoms with van der Waals surface area (Å²) in [6.07, 6.45) is 0.548. The van der Waals surface area contributed by atoms with Gasteiger partial charge in [0.25, 0.3) is 0 Å². The van der Waals surface area contributed by atoms with E-state index in [0.29, 0.717) is 13.0 Å². The predicted molar refractivity (Wildman–Crippen MR) is 87.1 cm³/mol. The highest BCUT2D eigenvalue weighted by molar-refractivity contribution is 5.76. The molecule has 0 saturated carbocycles. The van der Waals surface area contributed by atoms with Crippen LogP contribution in [-0.4, -0.2) is 17.9 Å². The largest absolute Gasteiger partial charge is 0.341 e. The Morgan fingerprint density at radius 1 is 1.05 bits per heavy atom. The minimum atomic E-state index is 0.189. The summed E-state index contributed by atoms with van der Waals surface area (Å²) in [4.78, 5) is 14.2. The van der Waals surface area contributed by atoms with Gasteiger partial charge in [0.2, 0.25) is 5.91 Å². The number of nitrogens with zero attached hydrogens (tertiary/aromatic N) is 1. The van der Waals surface area contributed by atoms with Crippen molar-refractivity contribution in [1.29, 1.82) is 0 Å². The topological polar surface area (TPSA) is 20.3 Å². The zero-order valence-electron chi connectivity index (χ0n) is 13.0. The quantitative estimate of drug-likeness (QED) is 0.806. The maximum Gasteiger partial charge on any atom is 0.223 e. The van der Waals surface area contributed by atoms with Crippen molar-refractivity contribution < 1.29 is 4.79 Å². The summed E-state index contributed by atoms with van der Waals surface area (Å²) >= 11 is 0. The fourth-order valence-electron chi connectivity index (χ4n) is 2.45. The van der Waals surface area contributed by atoms with Crippen molar-refractivity contribution in [2.75, 3.05) is 7.05 Å². The molecule has 21 heavy (non-hydrogen) atoms. The highest BCUT2D eigenvalue weighted by atomic mass is 16.2. The molecule has 0 aromatic heterocycles. The summed E-state index contributed by atoms with van der Waals surface area (Å²) in [5, 5.41) is 0. The lowest BCUT2D eigenvalue weighted by Crippen LogP contribution is -2.27. The standard InChI is InChI=1S/C19H23NO/c1-15-9-7-8-12-18(15)14-20(3)19(21)13-16(2)17-10-5-4-6-11-17/h4-12,16H,13-14H2,1-3H3. The SMILES string of the molecule is Cc1ccccc1CN(C)C(=O)CC(C)c1ccccc1. The van der Waals surface area contributed by atoms with Crippen molar-refractivity contribution in [1.82, 2.24) is 4.90 Å². The Bertz CT molecular complexity index is 592. The Kier molecular flexibility index (Phi) is 5.15. The van der Waals surface area contributed by atoms with Crippen LogP contribution in [0.3, 0.4) is 0 Å². The summed E-state index contributed by atoms with van der Waals surface area (Å²) in [5.41, 5.74) is 3.66. The molecule has 0 aliphatic carbocycles. The molecule has 0 fully saturated rings. The van der Waals surface area contributed by atoms with Gasteiger partial charge in [0.05, 0.1) is 0 Å². The zero-order valence-corrected chi connectivity index (χ0v) is 13.0. The van der Waals surface area contributed by atoms with Gasteiger partial charge in [0.1, 0.15) is 0 Å². The third-order valence-electron chi connectivity index (χ3n) is 3.94. The zero-order chi connectivity index (χ0) is 15.2. The number of carbonyl (C=O) groups excluding carboxylic acids is 1. The summed E-state index contributed by atoms with van der Waals surface area (Å²) in [5.74, 6) is 0.438. The normalized spacial score (nSPS) is 12.0. The lowest BCUT2D eigenvalue weighted by Gasteiger charge is -2.21. The second-order valence-electron chi connectivity index (χ2n) is 5.69. The minimum absolute atomic E-state index is 0.189. The monoisotopic (exact) mass is 281 g/mol. The summed E-state index contributed by atoms with van der Waals surface area (Å²) in [6.45, 7) is 4.86. The summed E-state index contributed by atoms with van der Waals surface area (Å²) < 4.78 is 0. The number of benzene rings is 2. The molecule has 1 amide bonds. The fraction of sp³-hybridized carbons (Fsp3) is 0.316. The van der Waals surface area contributed by atoms with E-state index in [1.54, 1.807) is 0 Å². The van der Waals surface area contributed by atoms with Crippen molar-refractivity contribution in [2.24, 2.45) is 0 Å². The van der Waals surface area contributed by atoms with E-state index < -0.39 is 0 Å². The molecule has 110 valence electrons. The van der Waals surface area contributed by atoms with Crippen molar-refractivity contribution in [2.45, 2.75) is 32.7 Å². The smallest absolute Gasteiger partial charge is 0.223 e. The van der Waals surface area contributed by atoms with Crippen LogP contribution in [0, 0.1) is 6.92 Å². The van der Waals surface area contributed by atoms with Gasteiger partial charge >= 0.3 is 0 Å². The van der Waals surface area contributed by atoms with Crippen LogP contribution in [0.15, 0.2) is 54.6 Å². The predicted octanol–water partition coefficient (Wildman–Crippen LogP) is 4.15. The van der Waals surface area contributed by atoms with Gasteiger partial charge in [0.15, 0.2) is 0 Å². The number of hydrogen-bond donors (Lipinski definition) is 0. The molecule has 0 heterocycles. The molecule has 0 aliphatic heterocycles. The Balaban J connectivity index is 1.95. The van der Waals surface area contributed by atoms with Gasteiger partial charge in [-0.1, -0.05) is 61.5 Å². The average molecular weight is 281 g/mol. The Labute approximate surface area is 127 Å².